The van der Waals surface area contributed by atoms with Crippen LogP contribution in [0.15, 0.2) is 48.2 Å². The molecule has 1 atom stereocenters. The van der Waals surface area contributed by atoms with Crippen LogP contribution in [-0.4, -0.2) is 30.0 Å². The third-order valence-corrected chi connectivity index (χ3v) is 5.60. The fourth-order valence-electron chi connectivity index (χ4n) is 3.72. The molecule has 0 heterocycles. The number of carbonyl (C=O) groups excluding carboxylic acids is 3. The van der Waals surface area contributed by atoms with Crippen LogP contribution in [0.3, 0.4) is 0 Å². The molecule has 1 aliphatic rings. The molecule has 1 aliphatic carbocycles. The minimum atomic E-state index is -0.698. The van der Waals surface area contributed by atoms with Crippen molar-refractivity contribution in [2.45, 2.75) is 44.2 Å². The van der Waals surface area contributed by atoms with Gasteiger partial charge in [-0.05, 0) is 55.4 Å². The van der Waals surface area contributed by atoms with Gasteiger partial charge in [0.15, 0.2) is 0 Å². The second-order valence-electron chi connectivity index (χ2n) is 7.53. The Morgan fingerprint density at radius 2 is 1.90 bits per heavy atom. The van der Waals surface area contributed by atoms with Gasteiger partial charge in [0.1, 0.15) is 0 Å². The van der Waals surface area contributed by atoms with E-state index in [1.54, 1.807) is 24.3 Å². The van der Waals surface area contributed by atoms with Crippen molar-refractivity contribution in [1.82, 2.24) is 10.6 Å². The molecule has 1 aromatic carbocycles. The highest BCUT2D eigenvalue weighted by molar-refractivity contribution is 6.30. The van der Waals surface area contributed by atoms with Crippen molar-refractivity contribution in [3.05, 3.63) is 58.8 Å². The highest BCUT2D eigenvalue weighted by atomic mass is 35.5. The minimum absolute atomic E-state index is 0.0367. The Balaban J connectivity index is 2.13. The number of hydrogen-bond acceptors (Lipinski definition) is 5. The van der Waals surface area contributed by atoms with E-state index in [-0.39, 0.29) is 29.9 Å². The van der Waals surface area contributed by atoms with Gasteiger partial charge in [-0.2, -0.15) is 0 Å². The van der Waals surface area contributed by atoms with Crippen LogP contribution < -0.4 is 22.1 Å². The van der Waals surface area contributed by atoms with Crippen LogP contribution in [0, 0.1) is 11.3 Å². The molecule has 2 rings (SSSR count). The van der Waals surface area contributed by atoms with E-state index in [9.17, 15) is 14.4 Å². The van der Waals surface area contributed by atoms with Gasteiger partial charge in [-0.3, -0.25) is 14.4 Å². The van der Waals surface area contributed by atoms with E-state index in [1.165, 1.54) is 6.08 Å². The van der Waals surface area contributed by atoms with E-state index in [0.29, 0.717) is 42.0 Å². The molecular formula is C22H28ClN5O3. The topological polar surface area (TPSA) is 151 Å². The number of nitrogens with two attached hydrogens (primary N) is 2. The molecule has 1 saturated carbocycles. The Hall–Kier alpha value is -3.13. The van der Waals surface area contributed by atoms with E-state index in [4.69, 9.17) is 28.5 Å². The molecule has 0 bridgehead atoms. The highest BCUT2D eigenvalue weighted by Crippen LogP contribution is 2.29. The summed E-state index contributed by atoms with van der Waals surface area (Å²) < 4.78 is 0. The molecule has 31 heavy (non-hydrogen) atoms. The van der Waals surface area contributed by atoms with Crippen molar-refractivity contribution in [2.24, 2.45) is 17.4 Å². The van der Waals surface area contributed by atoms with Crippen LogP contribution in [-0.2, 0) is 14.4 Å². The first kappa shape index (κ1) is 24.1. The summed E-state index contributed by atoms with van der Waals surface area (Å²) in [5.41, 5.74) is 12.6. The lowest BCUT2D eigenvalue weighted by molar-refractivity contribution is -0.120. The molecule has 0 saturated heterocycles. The van der Waals surface area contributed by atoms with Crippen LogP contribution in [0.1, 0.15) is 43.7 Å². The van der Waals surface area contributed by atoms with Crippen molar-refractivity contribution in [1.29, 1.82) is 5.41 Å². The number of hydrogen-bond donors (Lipinski definition) is 5. The number of rotatable bonds is 9. The van der Waals surface area contributed by atoms with Gasteiger partial charge in [0.25, 0.3) is 5.91 Å². The Labute approximate surface area is 186 Å². The van der Waals surface area contributed by atoms with E-state index in [1.807, 2.05) is 0 Å². The van der Waals surface area contributed by atoms with E-state index in [0.717, 1.165) is 6.21 Å². The predicted molar refractivity (Wildman–Crippen MR) is 120 cm³/mol. The average molecular weight is 446 g/mol. The quantitative estimate of drug-likeness (QED) is 0.292. The molecule has 8 nitrogen and oxygen atoms in total. The maximum atomic E-state index is 12.9. The first-order chi connectivity index (χ1) is 14.7. The Morgan fingerprint density at radius 3 is 2.45 bits per heavy atom. The predicted octanol–water partition coefficient (Wildman–Crippen LogP) is 2.10. The van der Waals surface area contributed by atoms with E-state index in [2.05, 4.69) is 17.2 Å². The Morgan fingerprint density at radius 1 is 1.23 bits per heavy atom. The van der Waals surface area contributed by atoms with Crippen LogP contribution >= 0.6 is 11.6 Å². The SMILES string of the molecule is C=CC(=O)NC1CCC(/C(N)=C(/C=N)C(=O)NC(CC(N)=O)c2cccc(Cl)c2)CC1. The van der Waals surface area contributed by atoms with E-state index < -0.39 is 17.9 Å². The van der Waals surface area contributed by atoms with Gasteiger partial charge in [0, 0.05) is 23.0 Å². The first-order valence-electron chi connectivity index (χ1n) is 10.0. The number of benzene rings is 1. The minimum Gasteiger partial charge on any atom is -0.401 e. The van der Waals surface area contributed by atoms with Gasteiger partial charge in [0.2, 0.25) is 11.8 Å². The van der Waals surface area contributed by atoms with Gasteiger partial charge in [0.05, 0.1) is 18.0 Å². The summed E-state index contributed by atoms with van der Waals surface area (Å²) >= 11 is 6.03. The third kappa shape index (κ3) is 6.96. The molecule has 0 aliphatic heterocycles. The van der Waals surface area contributed by atoms with Gasteiger partial charge >= 0.3 is 0 Å². The molecule has 1 aromatic rings. The number of nitrogens with one attached hydrogen (secondary N) is 3. The molecule has 0 spiro atoms. The molecular weight excluding hydrogens is 418 g/mol. The second-order valence-corrected chi connectivity index (χ2v) is 7.96. The van der Waals surface area contributed by atoms with Crippen LogP contribution in [0.25, 0.3) is 0 Å². The van der Waals surface area contributed by atoms with Crippen molar-refractivity contribution in [3.8, 4) is 0 Å². The van der Waals surface area contributed by atoms with Gasteiger partial charge in [-0.1, -0.05) is 30.3 Å². The van der Waals surface area contributed by atoms with Crippen molar-refractivity contribution < 1.29 is 14.4 Å². The molecule has 0 radical (unpaired) electrons. The van der Waals surface area contributed by atoms with Crippen molar-refractivity contribution in [3.63, 3.8) is 0 Å². The zero-order valence-electron chi connectivity index (χ0n) is 17.2. The zero-order valence-corrected chi connectivity index (χ0v) is 18.0. The lowest BCUT2D eigenvalue weighted by Crippen LogP contribution is -2.38. The maximum absolute atomic E-state index is 12.9. The summed E-state index contributed by atoms with van der Waals surface area (Å²) in [4.78, 5) is 35.9. The fraction of sp³-hybridized carbons (Fsp3) is 0.364. The van der Waals surface area contributed by atoms with Crippen LogP contribution in [0.4, 0.5) is 0 Å². The number of carbonyl (C=O) groups is 3. The zero-order chi connectivity index (χ0) is 23.0. The highest BCUT2D eigenvalue weighted by Gasteiger charge is 2.27. The Bertz CT molecular complexity index is 891. The van der Waals surface area contributed by atoms with E-state index >= 15 is 0 Å². The van der Waals surface area contributed by atoms with Crippen molar-refractivity contribution in [2.75, 3.05) is 0 Å². The molecule has 3 amide bonds. The monoisotopic (exact) mass is 445 g/mol. The standard InChI is InChI=1S/C22H28ClN5O3/c1-2-20(30)27-16-8-6-13(7-9-16)21(26)17(12-24)22(31)28-18(11-19(25)29)14-4-3-5-15(23)10-14/h2-5,10,12-13,16,18,24H,1,6-9,11,26H2,(H2,25,29)(H,27,30)(H,28,31)/b21-17+,24-12?. The van der Waals surface area contributed by atoms with Gasteiger partial charge in [-0.25, -0.2) is 0 Å². The summed E-state index contributed by atoms with van der Waals surface area (Å²) in [5, 5.41) is 13.8. The lowest BCUT2D eigenvalue weighted by Gasteiger charge is -2.30. The largest absolute Gasteiger partial charge is 0.401 e. The number of allylic oxidation sites excluding steroid dienone is 1. The normalized spacial score (nSPS) is 20.0. The first-order valence-corrected chi connectivity index (χ1v) is 10.4. The summed E-state index contributed by atoms with van der Waals surface area (Å²) in [6.45, 7) is 3.45. The van der Waals surface area contributed by atoms with Gasteiger partial charge < -0.3 is 27.5 Å². The smallest absolute Gasteiger partial charge is 0.255 e. The van der Waals surface area contributed by atoms with Crippen LogP contribution in [0.2, 0.25) is 5.02 Å². The Kier molecular flexibility index (Phi) is 8.81. The molecule has 0 aromatic heterocycles. The molecule has 9 heteroatoms. The lowest BCUT2D eigenvalue weighted by atomic mass is 9.82. The summed E-state index contributed by atoms with van der Waals surface area (Å²) in [5.74, 6) is -1.44. The number of halogens is 1. The number of primary amides is 1. The fourth-order valence-corrected chi connectivity index (χ4v) is 3.92. The maximum Gasteiger partial charge on any atom is 0.255 e. The summed E-state index contributed by atoms with van der Waals surface area (Å²) in [7, 11) is 0. The average Bonchev–Trinajstić information content (AvgIpc) is 2.73. The molecule has 1 unspecified atom stereocenters. The van der Waals surface area contributed by atoms with Gasteiger partial charge in [-0.15, -0.1) is 0 Å². The van der Waals surface area contributed by atoms with Crippen LogP contribution in [0.5, 0.6) is 0 Å². The van der Waals surface area contributed by atoms with Crippen molar-refractivity contribution >= 4 is 35.5 Å². The molecule has 1 fully saturated rings. The second kappa shape index (κ2) is 11.3. The third-order valence-electron chi connectivity index (χ3n) is 5.36. The molecule has 166 valence electrons. The summed E-state index contributed by atoms with van der Waals surface area (Å²) in [6, 6.07) is 6.11. The number of amides is 3. The molecule has 7 N–H and O–H groups in total. The summed E-state index contributed by atoms with van der Waals surface area (Å²) in [6.07, 6.45) is 4.83.